The number of morpholine rings is 1. The number of aryl methyl sites for hydroxylation is 1. The van der Waals surface area contributed by atoms with Crippen molar-refractivity contribution in [3.8, 4) is 11.3 Å². The molecule has 0 spiro atoms. The van der Waals surface area contributed by atoms with Gasteiger partial charge in [0.25, 0.3) is 5.56 Å². The van der Waals surface area contributed by atoms with Gasteiger partial charge in [0.2, 0.25) is 11.9 Å². The van der Waals surface area contributed by atoms with Crippen molar-refractivity contribution >= 4 is 11.9 Å². The number of hydrogen-bond acceptors (Lipinski definition) is 6. The number of aromatic nitrogens is 3. The topological polar surface area (TPSA) is 80.6 Å². The SMILES string of the molecule is CCc1cc(-c2cc3n(c(=O)c2)C[C@H]2C[C@@H]3CN(C(C)=O)C2)nc(N2CCOCC2)n1. The number of carbonyl (C=O) groups is 1. The molecule has 0 N–H and O–H groups in total. The number of rotatable bonds is 3. The zero-order chi connectivity index (χ0) is 21.5. The molecule has 0 unspecified atom stereocenters. The van der Waals surface area contributed by atoms with Gasteiger partial charge in [0.1, 0.15) is 0 Å². The molecule has 0 aliphatic carbocycles. The summed E-state index contributed by atoms with van der Waals surface area (Å²) in [5.74, 6) is 1.35. The number of carbonyl (C=O) groups excluding carboxylic acids is 1. The van der Waals surface area contributed by atoms with Gasteiger partial charge >= 0.3 is 0 Å². The Hall–Kier alpha value is -2.74. The Morgan fingerprint density at radius 3 is 2.68 bits per heavy atom. The van der Waals surface area contributed by atoms with E-state index in [0.717, 1.165) is 55.1 Å². The van der Waals surface area contributed by atoms with Gasteiger partial charge in [0.15, 0.2) is 0 Å². The van der Waals surface area contributed by atoms with E-state index in [4.69, 9.17) is 14.7 Å². The first kappa shape index (κ1) is 20.2. The molecule has 3 aliphatic rings. The van der Waals surface area contributed by atoms with E-state index in [1.807, 2.05) is 15.5 Å². The van der Waals surface area contributed by atoms with E-state index in [9.17, 15) is 9.59 Å². The van der Waals surface area contributed by atoms with Crippen LogP contribution >= 0.6 is 0 Å². The smallest absolute Gasteiger partial charge is 0.251 e. The van der Waals surface area contributed by atoms with Crippen molar-refractivity contribution in [2.75, 3.05) is 44.3 Å². The van der Waals surface area contributed by atoms with Gasteiger partial charge in [-0.05, 0) is 30.9 Å². The number of anilines is 1. The summed E-state index contributed by atoms with van der Waals surface area (Å²) >= 11 is 0. The zero-order valence-electron chi connectivity index (χ0n) is 18.2. The lowest BCUT2D eigenvalue weighted by Crippen LogP contribution is -2.48. The molecule has 164 valence electrons. The van der Waals surface area contributed by atoms with Crippen LogP contribution in [0.5, 0.6) is 0 Å². The molecule has 2 fully saturated rings. The van der Waals surface area contributed by atoms with Crippen molar-refractivity contribution in [2.24, 2.45) is 5.92 Å². The number of pyridine rings is 1. The molecular formula is C23H29N5O3. The first-order chi connectivity index (χ1) is 15.0. The summed E-state index contributed by atoms with van der Waals surface area (Å²) in [7, 11) is 0. The summed E-state index contributed by atoms with van der Waals surface area (Å²) in [5, 5.41) is 0. The standard InChI is InChI=1S/C23H29N5O3/c1-3-19-11-20(25-23(24-19)26-4-6-31-7-5-26)17-9-21-18-8-16(12-27(14-18)15(2)29)13-28(21)22(30)10-17/h9-11,16,18H,3-8,12-14H2,1-2H3/t16-,18+/m0/s1. The average molecular weight is 424 g/mol. The highest BCUT2D eigenvalue weighted by Gasteiger charge is 2.35. The molecule has 2 aromatic rings. The molecule has 2 aromatic heterocycles. The van der Waals surface area contributed by atoms with Crippen molar-refractivity contribution in [3.63, 3.8) is 0 Å². The molecule has 2 bridgehead atoms. The predicted octanol–water partition coefficient (Wildman–Crippen LogP) is 1.67. The Morgan fingerprint density at radius 1 is 1.13 bits per heavy atom. The molecule has 2 saturated heterocycles. The summed E-state index contributed by atoms with van der Waals surface area (Å²) in [4.78, 5) is 38.7. The van der Waals surface area contributed by atoms with Crippen LogP contribution in [0.15, 0.2) is 23.0 Å². The minimum absolute atomic E-state index is 0.0167. The van der Waals surface area contributed by atoms with Crippen LogP contribution in [0.1, 0.15) is 37.6 Å². The summed E-state index contributed by atoms with van der Waals surface area (Å²) in [6, 6.07) is 5.80. The number of hydrogen-bond donors (Lipinski definition) is 0. The molecule has 8 nitrogen and oxygen atoms in total. The van der Waals surface area contributed by atoms with Gasteiger partial charge in [-0.25, -0.2) is 9.97 Å². The normalized spacial score (nSPS) is 22.9. The van der Waals surface area contributed by atoms with Gasteiger partial charge in [0, 0.05) is 68.6 Å². The van der Waals surface area contributed by atoms with Crippen molar-refractivity contribution in [2.45, 2.75) is 39.2 Å². The van der Waals surface area contributed by atoms with E-state index in [-0.39, 0.29) is 17.4 Å². The highest BCUT2D eigenvalue weighted by Crippen LogP contribution is 2.36. The monoisotopic (exact) mass is 423 g/mol. The van der Waals surface area contributed by atoms with Crippen molar-refractivity contribution in [1.29, 1.82) is 0 Å². The van der Waals surface area contributed by atoms with Crippen LogP contribution in [0, 0.1) is 5.92 Å². The highest BCUT2D eigenvalue weighted by molar-refractivity contribution is 5.73. The van der Waals surface area contributed by atoms with Gasteiger partial charge in [-0.1, -0.05) is 6.92 Å². The second kappa shape index (κ2) is 8.07. The number of ether oxygens (including phenoxy) is 1. The van der Waals surface area contributed by atoms with E-state index in [2.05, 4.69) is 17.9 Å². The van der Waals surface area contributed by atoms with Crippen molar-refractivity contribution in [3.05, 3.63) is 39.9 Å². The lowest BCUT2D eigenvalue weighted by Gasteiger charge is -2.42. The van der Waals surface area contributed by atoms with E-state index in [0.29, 0.717) is 38.2 Å². The lowest BCUT2D eigenvalue weighted by molar-refractivity contribution is -0.131. The van der Waals surface area contributed by atoms with E-state index in [1.54, 1.807) is 13.0 Å². The Balaban J connectivity index is 1.55. The quantitative estimate of drug-likeness (QED) is 0.747. The van der Waals surface area contributed by atoms with Crippen LogP contribution in [0.4, 0.5) is 5.95 Å². The maximum absolute atomic E-state index is 13.1. The second-order valence-electron chi connectivity index (χ2n) is 8.84. The predicted molar refractivity (Wildman–Crippen MR) is 117 cm³/mol. The van der Waals surface area contributed by atoms with Crippen molar-refractivity contribution < 1.29 is 9.53 Å². The van der Waals surface area contributed by atoms with Gasteiger partial charge in [-0.2, -0.15) is 0 Å². The van der Waals surface area contributed by atoms with Crippen LogP contribution in [-0.4, -0.2) is 64.7 Å². The third-order valence-electron chi connectivity index (χ3n) is 6.72. The average Bonchev–Trinajstić information content (AvgIpc) is 2.79. The molecule has 8 heteroatoms. The minimum atomic E-state index is 0.0167. The molecule has 3 aliphatic heterocycles. The lowest BCUT2D eigenvalue weighted by atomic mass is 9.82. The molecule has 31 heavy (non-hydrogen) atoms. The second-order valence-corrected chi connectivity index (χ2v) is 8.84. The summed E-state index contributed by atoms with van der Waals surface area (Å²) < 4.78 is 7.37. The third kappa shape index (κ3) is 3.84. The summed E-state index contributed by atoms with van der Waals surface area (Å²) in [6.07, 6.45) is 1.82. The Labute approximate surface area is 181 Å². The Kier molecular flexibility index (Phi) is 5.25. The van der Waals surface area contributed by atoms with E-state index in [1.165, 1.54) is 0 Å². The Morgan fingerprint density at radius 2 is 1.94 bits per heavy atom. The van der Waals surface area contributed by atoms with Gasteiger partial charge < -0.3 is 19.1 Å². The summed E-state index contributed by atoms with van der Waals surface area (Å²) in [6.45, 7) is 8.69. The van der Waals surface area contributed by atoms with Crippen LogP contribution < -0.4 is 10.5 Å². The maximum Gasteiger partial charge on any atom is 0.251 e. The minimum Gasteiger partial charge on any atom is -0.378 e. The fraction of sp³-hybridized carbons (Fsp3) is 0.565. The number of amides is 1. The number of fused-ring (bicyclic) bond motifs is 4. The summed E-state index contributed by atoms with van der Waals surface area (Å²) in [5.41, 5.74) is 3.62. The van der Waals surface area contributed by atoms with Gasteiger partial charge in [-0.3, -0.25) is 9.59 Å². The first-order valence-electron chi connectivity index (χ1n) is 11.2. The van der Waals surface area contributed by atoms with Crippen LogP contribution in [0.2, 0.25) is 0 Å². The first-order valence-corrected chi connectivity index (χ1v) is 11.2. The highest BCUT2D eigenvalue weighted by atomic mass is 16.5. The molecule has 0 radical (unpaired) electrons. The fourth-order valence-corrected chi connectivity index (χ4v) is 5.08. The number of nitrogens with zero attached hydrogens (tertiary/aromatic N) is 5. The molecule has 5 heterocycles. The van der Waals surface area contributed by atoms with Crippen LogP contribution in [0.3, 0.4) is 0 Å². The maximum atomic E-state index is 13.1. The van der Waals surface area contributed by atoms with Crippen LogP contribution in [-0.2, 0) is 22.5 Å². The molecule has 5 rings (SSSR count). The molecule has 0 aromatic carbocycles. The number of likely N-dealkylation sites (tertiary alicyclic amines) is 1. The molecular weight excluding hydrogens is 394 g/mol. The fourth-order valence-electron chi connectivity index (χ4n) is 5.08. The number of piperidine rings is 1. The van der Waals surface area contributed by atoms with Gasteiger partial charge in [0.05, 0.1) is 18.9 Å². The molecule has 1 amide bonds. The Bertz CT molecular complexity index is 1060. The third-order valence-corrected chi connectivity index (χ3v) is 6.72. The van der Waals surface area contributed by atoms with Gasteiger partial charge in [-0.15, -0.1) is 0 Å². The van der Waals surface area contributed by atoms with Crippen molar-refractivity contribution in [1.82, 2.24) is 19.4 Å². The van der Waals surface area contributed by atoms with E-state index >= 15 is 0 Å². The van der Waals surface area contributed by atoms with Crippen LogP contribution in [0.25, 0.3) is 11.3 Å². The molecule has 0 saturated carbocycles. The van der Waals surface area contributed by atoms with E-state index < -0.39 is 0 Å². The largest absolute Gasteiger partial charge is 0.378 e. The zero-order valence-corrected chi connectivity index (χ0v) is 18.2. The molecule has 2 atom stereocenters.